The second kappa shape index (κ2) is 6.22. The summed E-state index contributed by atoms with van der Waals surface area (Å²) < 4.78 is 0.760. The van der Waals surface area contributed by atoms with Crippen molar-refractivity contribution >= 4 is 28.8 Å². The van der Waals surface area contributed by atoms with Gasteiger partial charge in [0, 0.05) is 18.0 Å². The number of halogens is 1. The molecule has 3 unspecified atom stereocenters. The molecule has 1 aliphatic rings. The molecular weight excluding hydrogens is 282 g/mol. The first kappa shape index (κ1) is 14.8. The summed E-state index contributed by atoms with van der Waals surface area (Å²) in [6.45, 7) is 2.89. The summed E-state index contributed by atoms with van der Waals surface area (Å²) in [6.07, 6.45) is 1.92. The van der Waals surface area contributed by atoms with Crippen LogP contribution in [0, 0.1) is 0 Å². The zero-order valence-corrected chi connectivity index (χ0v) is 12.8. The summed E-state index contributed by atoms with van der Waals surface area (Å²) in [5.74, 6) is 0.0748. The molecule has 1 amide bonds. The maximum absolute atomic E-state index is 12.0. The monoisotopic (exact) mass is 301 g/mol. The van der Waals surface area contributed by atoms with Gasteiger partial charge >= 0.3 is 0 Å². The van der Waals surface area contributed by atoms with Crippen molar-refractivity contribution in [3.8, 4) is 0 Å². The van der Waals surface area contributed by atoms with E-state index in [4.69, 9.17) is 17.3 Å². The number of amides is 1. The van der Waals surface area contributed by atoms with E-state index in [-0.39, 0.29) is 24.0 Å². The summed E-state index contributed by atoms with van der Waals surface area (Å²) >= 11 is 7.57. The Bertz CT molecular complexity index is 449. The minimum absolute atomic E-state index is 0.0417. The zero-order chi connectivity index (χ0) is 14.0. The molecule has 0 radical (unpaired) electrons. The van der Waals surface area contributed by atoms with Crippen LogP contribution in [0.25, 0.3) is 0 Å². The van der Waals surface area contributed by atoms with Crippen LogP contribution in [0.5, 0.6) is 0 Å². The molecule has 0 aliphatic carbocycles. The first-order valence-corrected chi connectivity index (χ1v) is 7.72. The molecule has 1 aliphatic heterocycles. The molecule has 106 valence electrons. The lowest BCUT2D eigenvalue weighted by atomic mass is 10.1. The van der Waals surface area contributed by atoms with Crippen LogP contribution in [-0.4, -0.2) is 36.5 Å². The Morgan fingerprint density at radius 2 is 2.37 bits per heavy atom. The second-order valence-electron chi connectivity index (χ2n) is 4.96. The van der Waals surface area contributed by atoms with Gasteiger partial charge in [-0.05, 0) is 38.4 Å². The highest BCUT2D eigenvalue weighted by Crippen LogP contribution is 2.36. The number of likely N-dealkylation sites (N-methyl/N-ethyl adjacent to an activating group) is 1. The Morgan fingerprint density at radius 1 is 1.63 bits per heavy atom. The summed E-state index contributed by atoms with van der Waals surface area (Å²) in [5.41, 5.74) is 6.15. The molecule has 4 nitrogen and oxygen atoms in total. The van der Waals surface area contributed by atoms with Crippen molar-refractivity contribution in [1.29, 1.82) is 0 Å². The van der Waals surface area contributed by atoms with Gasteiger partial charge in [0.25, 0.3) is 0 Å². The Balaban J connectivity index is 2.26. The average molecular weight is 302 g/mol. The third kappa shape index (κ3) is 3.11. The molecular formula is C13H20ClN3OS. The number of carbonyl (C=O) groups excluding carboxylic acids is 1. The van der Waals surface area contributed by atoms with E-state index in [1.807, 2.05) is 19.1 Å². The highest BCUT2D eigenvalue weighted by Gasteiger charge is 2.37. The van der Waals surface area contributed by atoms with Gasteiger partial charge in [-0.1, -0.05) is 11.6 Å². The summed E-state index contributed by atoms with van der Waals surface area (Å²) in [7, 11) is 1.68. The van der Waals surface area contributed by atoms with Crippen LogP contribution >= 0.6 is 22.9 Å². The van der Waals surface area contributed by atoms with Gasteiger partial charge < -0.3 is 11.1 Å². The average Bonchev–Trinajstić information content (AvgIpc) is 2.98. The van der Waals surface area contributed by atoms with Crippen molar-refractivity contribution in [2.24, 2.45) is 5.73 Å². The van der Waals surface area contributed by atoms with Crippen LogP contribution in [0.2, 0.25) is 4.34 Å². The van der Waals surface area contributed by atoms with Gasteiger partial charge in [0.15, 0.2) is 0 Å². The molecule has 2 rings (SSSR count). The second-order valence-corrected chi connectivity index (χ2v) is 6.70. The Labute approximate surface area is 122 Å². The van der Waals surface area contributed by atoms with Crippen LogP contribution in [0.3, 0.4) is 0 Å². The van der Waals surface area contributed by atoms with E-state index >= 15 is 0 Å². The molecule has 19 heavy (non-hydrogen) atoms. The van der Waals surface area contributed by atoms with E-state index < -0.39 is 0 Å². The normalized spacial score (nSPS) is 23.3. The molecule has 0 saturated carbocycles. The van der Waals surface area contributed by atoms with Gasteiger partial charge in [0.05, 0.1) is 16.4 Å². The number of hydrogen-bond donors (Lipinski definition) is 2. The van der Waals surface area contributed by atoms with Gasteiger partial charge in [-0.3, -0.25) is 9.69 Å². The maximum atomic E-state index is 12.0. The van der Waals surface area contributed by atoms with Gasteiger partial charge in [0.1, 0.15) is 0 Å². The number of nitrogens with zero attached hydrogens (tertiary/aromatic N) is 1. The van der Waals surface area contributed by atoms with Gasteiger partial charge in [0.2, 0.25) is 5.91 Å². The standard InChI is InChI=1S/C13H20ClN3OS/c1-8(15)12(10-5-6-11(14)19-10)17-7-3-4-9(17)13(18)16-2/h5-6,8-9,12H,3-4,7,15H2,1-2H3,(H,16,18). The predicted octanol–water partition coefficient (Wildman–Crippen LogP) is 2.00. The van der Waals surface area contributed by atoms with E-state index in [1.54, 1.807) is 18.4 Å². The fourth-order valence-electron chi connectivity index (χ4n) is 2.78. The van der Waals surface area contributed by atoms with Gasteiger partial charge in [-0.15, -0.1) is 11.3 Å². The molecule has 2 heterocycles. The SMILES string of the molecule is CNC(=O)C1CCCN1C(c1ccc(Cl)s1)C(C)N. The topological polar surface area (TPSA) is 58.4 Å². The number of likely N-dealkylation sites (tertiary alicyclic amines) is 1. The quantitative estimate of drug-likeness (QED) is 0.894. The van der Waals surface area contributed by atoms with Crippen LogP contribution in [-0.2, 0) is 4.79 Å². The minimum Gasteiger partial charge on any atom is -0.358 e. The molecule has 1 aromatic rings. The molecule has 0 bridgehead atoms. The Kier molecular flexibility index (Phi) is 4.84. The van der Waals surface area contributed by atoms with Crippen LogP contribution in [0.4, 0.5) is 0 Å². The van der Waals surface area contributed by atoms with Gasteiger partial charge in [-0.25, -0.2) is 0 Å². The Hall–Kier alpha value is -0.620. The maximum Gasteiger partial charge on any atom is 0.237 e. The highest BCUT2D eigenvalue weighted by atomic mass is 35.5. The van der Waals surface area contributed by atoms with E-state index in [1.165, 1.54) is 0 Å². The highest BCUT2D eigenvalue weighted by molar-refractivity contribution is 7.16. The fraction of sp³-hybridized carbons (Fsp3) is 0.615. The number of nitrogens with two attached hydrogens (primary N) is 1. The number of carbonyl (C=O) groups is 1. The summed E-state index contributed by atoms with van der Waals surface area (Å²) in [5, 5.41) is 2.74. The largest absolute Gasteiger partial charge is 0.358 e. The molecule has 1 saturated heterocycles. The lowest BCUT2D eigenvalue weighted by Crippen LogP contribution is -2.47. The van der Waals surface area contributed by atoms with Crippen LogP contribution in [0.15, 0.2) is 12.1 Å². The number of thiophene rings is 1. The molecule has 6 heteroatoms. The lowest BCUT2D eigenvalue weighted by Gasteiger charge is -2.34. The van der Waals surface area contributed by atoms with Gasteiger partial charge in [-0.2, -0.15) is 0 Å². The van der Waals surface area contributed by atoms with Crippen molar-refractivity contribution in [1.82, 2.24) is 10.2 Å². The number of nitrogens with one attached hydrogen (secondary N) is 1. The van der Waals surface area contributed by atoms with E-state index in [0.29, 0.717) is 0 Å². The molecule has 1 aromatic heterocycles. The predicted molar refractivity (Wildman–Crippen MR) is 79.5 cm³/mol. The van der Waals surface area contributed by atoms with E-state index in [2.05, 4.69) is 10.2 Å². The van der Waals surface area contributed by atoms with Crippen molar-refractivity contribution in [3.63, 3.8) is 0 Å². The zero-order valence-electron chi connectivity index (χ0n) is 11.2. The first-order chi connectivity index (χ1) is 9.04. The smallest absolute Gasteiger partial charge is 0.237 e. The molecule has 1 fully saturated rings. The summed E-state index contributed by atoms with van der Waals surface area (Å²) in [6, 6.07) is 3.84. The van der Waals surface area contributed by atoms with Crippen molar-refractivity contribution in [3.05, 3.63) is 21.3 Å². The first-order valence-electron chi connectivity index (χ1n) is 6.52. The van der Waals surface area contributed by atoms with Crippen LogP contribution in [0.1, 0.15) is 30.7 Å². The van der Waals surface area contributed by atoms with Crippen molar-refractivity contribution in [2.45, 2.75) is 37.9 Å². The lowest BCUT2D eigenvalue weighted by molar-refractivity contribution is -0.125. The molecule has 0 spiro atoms. The van der Waals surface area contributed by atoms with Crippen molar-refractivity contribution in [2.75, 3.05) is 13.6 Å². The fourth-order valence-corrected chi connectivity index (χ4v) is 4.08. The van der Waals surface area contributed by atoms with E-state index in [0.717, 1.165) is 28.6 Å². The number of rotatable bonds is 4. The minimum atomic E-state index is -0.0816. The van der Waals surface area contributed by atoms with Crippen LogP contribution < -0.4 is 11.1 Å². The number of hydrogen-bond acceptors (Lipinski definition) is 4. The third-order valence-corrected chi connectivity index (χ3v) is 4.89. The third-order valence-electron chi connectivity index (χ3n) is 3.58. The molecule has 3 atom stereocenters. The van der Waals surface area contributed by atoms with Crippen molar-refractivity contribution < 1.29 is 4.79 Å². The molecule has 0 aromatic carbocycles. The summed E-state index contributed by atoms with van der Waals surface area (Å²) in [4.78, 5) is 15.3. The van der Waals surface area contributed by atoms with E-state index in [9.17, 15) is 4.79 Å². The molecule has 3 N–H and O–H groups in total. The Morgan fingerprint density at radius 3 is 2.89 bits per heavy atom.